The summed E-state index contributed by atoms with van der Waals surface area (Å²) in [5, 5.41) is 55.3. The zero-order valence-corrected chi connectivity index (χ0v) is 74.5. The van der Waals surface area contributed by atoms with Crippen LogP contribution in [-0.4, -0.2) is 242 Å². The summed E-state index contributed by atoms with van der Waals surface area (Å²) < 4.78 is 11.4. The number of para-hydroxylation sites is 2. The summed E-state index contributed by atoms with van der Waals surface area (Å²) in [5.74, 6) is -28.6. The number of aromatic amines is 1. The highest BCUT2D eigenvalue weighted by molar-refractivity contribution is 6.05. The number of unbranched alkanes of at least 4 members (excludes halogenated alkanes) is 6. The molecule has 2 aromatic carbocycles. The van der Waals surface area contributed by atoms with Crippen LogP contribution in [0.25, 0.3) is 10.9 Å². The second kappa shape index (κ2) is 54.3. The van der Waals surface area contributed by atoms with E-state index >= 15 is 9.59 Å². The number of aliphatic hydroxyl groups excluding tert-OH is 1. The summed E-state index contributed by atoms with van der Waals surface area (Å²) in [6, 6.07) is -1.23. The molecule has 15 atom stereocenters. The second-order valence-electron chi connectivity index (χ2n) is 33.1. The number of carbonyl (C=O) groups is 22. The first-order valence-electron chi connectivity index (χ1n) is 43.6. The van der Waals surface area contributed by atoms with Crippen LogP contribution in [0.1, 0.15) is 212 Å². The molecule has 0 bridgehead atoms. The highest BCUT2D eigenvalue weighted by Crippen LogP contribution is 2.35. The molecular weight excluding hydrogens is 1720 g/mol. The van der Waals surface area contributed by atoms with Crippen LogP contribution < -0.4 is 70.4 Å². The van der Waals surface area contributed by atoms with Crippen molar-refractivity contribution >= 4 is 147 Å². The average molecular weight is 1840 g/mol. The van der Waals surface area contributed by atoms with E-state index in [4.69, 9.17) is 31.5 Å². The molecule has 43 heteroatoms. The minimum absolute atomic E-state index is 0.00748. The number of aldehydes is 1. The number of aliphatic hydroxyl groups is 1. The third-order valence-electron chi connectivity index (χ3n) is 22.2. The number of allylic oxidation sites excluding steroid dienone is 1. The molecule has 5 rings (SSSR count). The number of nitrogen functional groups attached to an aromatic ring is 1. The number of hydrogen-bond acceptors (Lipinski definition) is 28. The number of aromatic nitrogens is 1. The number of amides is 13. The van der Waals surface area contributed by atoms with Crippen molar-refractivity contribution in [3.8, 4) is 0 Å². The van der Waals surface area contributed by atoms with Gasteiger partial charge in [-0.3, -0.25) is 86.3 Å². The summed E-state index contributed by atoms with van der Waals surface area (Å²) in [4.78, 5) is 307. The number of H-pyrrole nitrogens is 1. The second-order valence-corrected chi connectivity index (χ2v) is 33.1. The number of nitrogens with two attached hydrogens (primary N) is 3. The number of Topliss-reactive ketones (excluding diaryl/α,β-unsaturated/α-hetero) is 4. The Morgan fingerprint density at radius 1 is 0.618 bits per heavy atom. The van der Waals surface area contributed by atoms with Gasteiger partial charge in [-0.2, -0.15) is 0 Å². The van der Waals surface area contributed by atoms with Gasteiger partial charge in [0.05, 0.1) is 62.0 Å². The lowest BCUT2D eigenvalue weighted by Crippen LogP contribution is -2.57. The lowest BCUT2D eigenvalue weighted by atomic mass is 9.79. The molecular formula is C88H123N15O28. The number of nitrogens with one attached hydrogen (secondary N) is 11. The summed E-state index contributed by atoms with van der Waals surface area (Å²) in [6.07, 6.45) is -0.114. The van der Waals surface area contributed by atoms with Gasteiger partial charge < -0.3 is 110 Å². The number of carboxylic acids is 2. The smallest absolute Gasteiger partial charge is 0.407 e. The number of nitrogens with zero attached hydrogens (tertiary/aromatic N) is 1. The van der Waals surface area contributed by atoms with Crippen molar-refractivity contribution in [1.82, 2.24) is 63.2 Å². The van der Waals surface area contributed by atoms with Crippen LogP contribution in [0.2, 0.25) is 0 Å². The topological polar surface area (TPSA) is 681 Å². The SMILES string of the molecule is CCCCCCCCCC(=O)N[C@@H](Cc1c[nH]c2ccccc12)C(=O)N[C@H](CC(N)=O)C(=O)C[C@@H](CC(=O)O)C(=O)N[C@H](C(=O)NCC(=O)N[C@@H](CCCNC(=O)O[C@@H]1/C=C/CC[C@](C)(C(=O)ON2C(=O)CCC2=O)CC1)C(=O)C[C@@H](C)C(=O)N[C@H](C)C(=O)N[C@@H](C)C=O)[C@@H](C)OC(=O)[C@H](CC(=O)c1ccccc1N)NC(=O)[C@@H](CC(=O)[C@@H](CO)NC(=O)CN)C(C)CC(=O)O. The van der Waals surface area contributed by atoms with Crippen LogP contribution in [0.3, 0.4) is 0 Å². The summed E-state index contributed by atoms with van der Waals surface area (Å²) in [7, 11) is 0. The van der Waals surface area contributed by atoms with E-state index in [0.29, 0.717) is 40.7 Å². The number of imide groups is 1. The number of anilines is 1. The molecule has 3 aromatic rings. The van der Waals surface area contributed by atoms with Crippen LogP contribution in [0.4, 0.5) is 10.5 Å². The molecule has 1 fully saturated rings. The number of aliphatic carboxylic acids is 2. The lowest BCUT2D eigenvalue weighted by molar-refractivity contribution is -0.205. The Labute approximate surface area is 755 Å². The maximum atomic E-state index is 15.1. The van der Waals surface area contributed by atoms with Crippen molar-refractivity contribution in [3.05, 3.63) is 78.0 Å². The number of hydrogen-bond donors (Lipinski definition) is 17. The normalized spacial score (nSPS) is 17.4. The molecule has 1 aliphatic heterocycles. The van der Waals surface area contributed by atoms with Crippen LogP contribution in [0, 0.1) is 29.1 Å². The number of esters is 1. The first kappa shape index (κ1) is 108. The molecule has 20 N–H and O–H groups in total. The monoisotopic (exact) mass is 1840 g/mol. The number of primary amides is 1. The quantitative estimate of drug-likeness (QED) is 0.00701. The number of alkyl carbamates (subject to hydrolysis) is 1. The molecule has 0 saturated carbocycles. The summed E-state index contributed by atoms with van der Waals surface area (Å²) >= 11 is 0. The van der Waals surface area contributed by atoms with E-state index < -0.39 is 278 Å². The predicted molar refractivity (Wildman–Crippen MR) is 465 cm³/mol. The van der Waals surface area contributed by atoms with Gasteiger partial charge in [0, 0.05) is 105 Å². The van der Waals surface area contributed by atoms with Gasteiger partial charge in [0.2, 0.25) is 59.1 Å². The fourth-order valence-electron chi connectivity index (χ4n) is 14.5. The van der Waals surface area contributed by atoms with Crippen molar-refractivity contribution < 1.29 is 135 Å². The zero-order valence-electron chi connectivity index (χ0n) is 74.5. The molecule has 43 nitrogen and oxygen atoms in total. The Bertz CT molecular complexity index is 4630. The molecule has 1 saturated heterocycles. The van der Waals surface area contributed by atoms with E-state index in [9.17, 15) is 111 Å². The van der Waals surface area contributed by atoms with E-state index in [1.54, 1.807) is 49.5 Å². The van der Waals surface area contributed by atoms with E-state index in [-0.39, 0.29) is 82.0 Å². The molecule has 13 amide bonds. The van der Waals surface area contributed by atoms with Crippen LogP contribution in [0.15, 0.2) is 66.9 Å². The fraction of sp³-hybridized carbons (Fsp3) is 0.568. The van der Waals surface area contributed by atoms with Crippen LogP contribution in [0.5, 0.6) is 0 Å². The third kappa shape index (κ3) is 36.3. The van der Waals surface area contributed by atoms with Crippen molar-refractivity contribution in [2.45, 2.75) is 263 Å². The minimum Gasteiger partial charge on any atom is -0.481 e. The standard InChI is InChI=1S/C88H123N15O28/c1-8-9-10-11-12-13-14-28-71(111)98-63(37-54-44-93-60-26-18-16-23-56(54)60)83(124)100-62(42-70(91)110)68(108)38-53(39-77(118)119)81(122)102-78(52(6)129-85(126)64(41-66(106)57-24-15-17-25-59(57)90)101-82(123)58(48(2)36-76(116)117)40-69(109)65(47-105)99-72(112)43-89)84(125)94-45-73(113)97-61(67(107)35-49(3)79(120)96-51(5)80(121)95-50(4)46-104)27-21-34-92-87(128)130-55-22-19-20-32-88(7,33-31-55)86(127)131-103-74(114)29-30-75(103)115/h15-19,22-26,44,46,48-53,55,58,61-65,78,93,105H,8-14,20-21,27-43,45,47,89-90H2,1-7H3,(H2,91,110)(H,92,128)(H,94,125)(H,95,121)(H,96,120)(H,97,113)(H,98,111)(H,99,112)(H,100,124)(H,101,123)(H,102,122)(H,116,117)(H,118,119)/b22-19+/t48?,49-,50+,51-,52-,53+,55-,58+,61+,62-,63+,64+,65-,78+,88+/m1/s1. The number of benzene rings is 2. The van der Waals surface area contributed by atoms with Crippen molar-refractivity contribution in [2.24, 2.45) is 40.6 Å². The van der Waals surface area contributed by atoms with Crippen molar-refractivity contribution in [2.75, 3.05) is 32.0 Å². The third-order valence-corrected chi connectivity index (χ3v) is 22.2. The number of carboxylic acid groups (broad SMARTS) is 2. The molecule has 1 unspecified atom stereocenters. The summed E-state index contributed by atoms with van der Waals surface area (Å²) in [6.45, 7) is 6.58. The molecule has 0 radical (unpaired) electrons. The van der Waals surface area contributed by atoms with E-state index in [0.717, 1.165) is 39.0 Å². The molecule has 1 aromatic heterocycles. The number of hydroxylamine groups is 2. The molecule has 2 heterocycles. The number of carbonyl (C=O) groups excluding carboxylic acids is 20. The molecule has 0 spiro atoms. The van der Waals surface area contributed by atoms with Gasteiger partial charge in [-0.05, 0) is 108 Å². The van der Waals surface area contributed by atoms with E-state index in [1.807, 2.05) is 0 Å². The fourth-order valence-corrected chi connectivity index (χ4v) is 14.5. The number of fused-ring (bicyclic) bond motifs is 1. The first-order valence-corrected chi connectivity index (χ1v) is 43.6. The number of rotatable bonds is 58. The Morgan fingerprint density at radius 2 is 1.24 bits per heavy atom. The van der Waals surface area contributed by atoms with E-state index in [2.05, 4.69) is 65.1 Å². The molecule has 2 aliphatic rings. The maximum absolute atomic E-state index is 15.1. The van der Waals surface area contributed by atoms with Crippen LogP contribution >= 0.6 is 0 Å². The Kier molecular flexibility index (Phi) is 44.9. The number of ketones is 4. The molecule has 131 heavy (non-hydrogen) atoms. The highest BCUT2D eigenvalue weighted by Gasteiger charge is 2.44. The summed E-state index contributed by atoms with van der Waals surface area (Å²) in [5.41, 5.74) is 16.8. The van der Waals surface area contributed by atoms with Gasteiger partial charge in [-0.15, -0.1) is 5.06 Å². The Morgan fingerprint density at radius 3 is 1.89 bits per heavy atom. The largest absolute Gasteiger partial charge is 0.481 e. The first-order chi connectivity index (χ1) is 62.0. The Balaban J connectivity index is 1.53. The van der Waals surface area contributed by atoms with Crippen molar-refractivity contribution in [1.29, 1.82) is 0 Å². The van der Waals surface area contributed by atoms with Gasteiger partial charge in [-0.25, -0.2) is 14.4 Å². The van der Waals surface area contributed by atoms with E-state index in [1.165, 1.54) is 52.0 Å². The zero-order chi connectivity index (χ0) is 97.4. The van der Waals surface area contributed by atoms with Gasteiger partial charge >= 0.3 is 30.0 Å². The number of ether oxygens (including phenoxy) is 2. The predicted octanol–water partition coefficient (Wildman–Crippen LogP) is 0.648. The molecule has 1 aliphatic carbocycles. The average Bonchev–Trinajstić information content (AvgIpc) is 1.73. The highest BCUT2D eigenvalue weighted by atomic mass is 16.7. The lowest BCUT2D eigenvalue weighted by Gasteiger charge is -2.30. The van der Waals surface area contributed by atoms with Gasteiger partial charge in [0.1, 0.15) is 48.7 Å². The van der Waals surface area contributed by atoms with Gasteiger partial charge in [-0.1, -0.05) is 95.7 Å². The van der Waals surface area contributed by atoms with Gasteiger partial charge in [0.15, 0.2) is 23.1 Å². The van der Waals surface area contributed by atoms with Gasteiger partial charge in [0.25, 0.3) is 11.8 Å². The van der Waals surface area contributed by atoms with Crippen LogP contribution in [-0.2, 0) is 117 Å². The maximum Gasteiger partial charge on any atom is 0.407 e. The minimum atomic E-state index is -2.40. The Hall–Kier alpha value is -13.2. The van der Waals surface area contributed by atoms with Crippen molar-refractivity contribution in [3.63, 3.8) is 0 Å². The molecule has 718 valence electrons.